The largest absolute Gasteiger partial charge is 0.507 e. The fourth-order valence-corrected chi connectivity index (χ4v) is 2.54. The molecule has 0 radical (unpaired) electrons. The summed E-state index contributed by atoms with van der Waals surface area (Å²) in [6.07, 6.45) is 5.79. The van der Waals surface area contributed by atoms with Crippen LogP contribution in [0.15, 0.2) is 24.3 Å². The molecule has 0 aromatic heterocycles. The summed E-state index contributed by atoms with van der Waals surface area (Å²) in [5, 5.41) is 19.6. The standard InChI is InChI=1S/C19H28O3/c1-5-7-9-15-11-17(13(3)14(4)19(21)22)12-16(18(15)20)10-8-6-2/h11-13,20H,4-10H2,1-3H3,(H,21,22). The average molecular weight is 304 g/mol. The molecule has 122 valence electrons. The second-order valence-corrected chi connectivity index (χ2v) is 5.95. The fraction of sp³-hybridized carbons (Fsp3) is 0.526. The highest BCUT2D eigenvalue weighted by Crippen LogP contribution is 2.32. The van der Waals surface area contributed by atoms with Crippen LogP contribution in [0.1, 0.15) is 69.1 Å². The predicted octanol–water partition coefficient (Wildman–Crippen LogP) is 4.82. The maximum Gasteiger partial charge on any atom is 0.331 e. The first-order chi connectivity index (χ1) is 10.4. The van der Waals surface area contributed by atoms with Gasteiger partial charge in [-0.15, -0.1) is 0 Å². The molecule has 0 fully saturated rings. The van der Waals surface area contributed by atoms with Gasteiger partial charge in [0.1, 0.15) is 5.75 Å². The molecule has 1 unspecified atom stereocenters. The molecule has 0 aliphatic carbocycles. The van der Waals surface area contributed by atoms with Crippen LogP contribution in [-0.2, 0) is 17.6 Å². The van der Waals surface area contributed by atoms with E-state index < -0.39 is 5.97 Å². The molecule has 1 aromatic carbocycles. The third kappa shape index (κ3) is 4.62. The van der Waals surface area contributed by atoms with Crippen molar-refractivity contribution in [1.82, 2.24) is 0 Å². The fourth-order valence-electron chi connectivity index (χ4n) is 2.54. The van der Waals surface area contributed by atoms with Gasteiger partial charge in [0, 0.05) is 11.5 Å². The van der Waals surface area contributed by atoms with Gasteiger partial charge in [-0.2, -0.15) is 0 Å². The summed E-state index contributed by atoms with van der Waals surface area (Å²) in [5.41, 5.74) is 2.97. The van der Waals surface area contributed by atoms with Crippen molar-refractivity contribution in [3.8, 4) is 5.75 Å². The van der Waals surface area contributed by atoms with Crippen LogP contribution in [0.3, 0.4) is 0 Å². The number of phenols is 1. The van der Waals surface area contributed by atoms with Gasteiger partial charge >= 0.3 is 5.97 Å². The van der Waals surface area contributed by atoms with E-state index in [2.05, 4.69) is 20.4 Å². The number of carbonyl (C=O) groups is 1. The molecule has 0 bridgehead atoms. The third-order valence-corrected chi connectivity index (χ3v) is 4.19. The average Bonchev–Trinajstić information content (AvgIpc) is 2.51. The van der Waals surface area contributed by atoms with Crippen LogP contribution in [0.4, 0.5) is 0 Å². The molecule has 2 N–H and O–H groups in total. The van der Waals surface area contributed by atoms with Gasteiger partial charge in [-0.1, -0.05) is 52.3 Å². The number of aromatic hydroxyl groups is 1. The minimum atomic E-state index is -0.967. The number of carboxylic acid groups (broad SMARTS) is 1. The number of phenolic OH excluding ortho intramolecular Hbond substituents is 1. The molecule has 1 aromatic rings. The van der Waals surface area contributed by atoms with E-state index in [0.717, 1.165) is 55.2 Å². The van der Waals surface area contributed by atoms with Gasteiger partial charge in [0.05, 0.1) is 0 Å². The van der Waals surface area contributed by atoms with Crippen molar-refractivity contribution in [2.75, 3.05) is 0 Å². The first-order valence-corrected chi connectivity index (χ1v) is 8.19. The Balaban J connectivity index is 3.20. The number of hydrogen-bond donors (Lipinski definition) is 2. The second-order valence-electron chi connectivity index (χ2n) is 5.95. The van der Waals surface area contributed by atoms with E-state index in [1.165, 1.54) is 0 Å². The normalized spacial score (nSPS) is 12.1. The van der Waals surface area contributed by atoms with Gasteiger partial charge in [-0.05, 0) is 42.4 Å². The van der Waals surface area contributed by atoms with Crippen molar-refractivity contribution >= 4 is 5.97 Å². The van der Waals surface area contributed by atoms with Gasteiger partial charge in [-0.25, -0.2) is 4.79 Å². The highest BCUT2D eigenvalue weighted by molar-refractivity contribution is 5.87. The molecule has 0 spiro atoms. The smallest absolute Gasteiger partial charge is 0.331 e. The number of rotatable bonds is 9. The van der Waals surface area contributed by atoms with Crippen LogP contribution in [-0.4, -0.2) is 16.2 Å². The summed E-state index contributed by atoms with van der Waals surface area (Å²) >= 11 is 0. The van der Waals surface area contributed by atoms with Crippen LogP contribution in [0.25, 0.3) is 0 Å². The number of carboxylic acids is 1. The number of aliphatic carboxylic acids is 1. The lowest BCUT2D eigenvalue weighted by Gasteiger charge is -2.17. The van der Waals surface area contributed by atoms with E-state index in [-0.39, 0.29) is 11.5 Å². The quantitative estimate of drug-likeness (QED) is 0.643. The van der Waals surface area contributed by atoms with Gasteiger partial charge in [0.2, 0.25) is 0 Å². The van der Waals surface area contributed by atoms with E-state index in [4.69, 9.17) is 5.11 Å². The summed E-state index contributed by atoms with van der Waals surface area (Å²) in [4.78, 5) is 11.1. The molecule has 0 aliphatic heterocycles. The Morgan fingerprint density at radius 2 is 1.59 bits per heavy atom. The highest BCUT2D eigenvalue weighted by Gasteiger charge is 2.19. The van der Waals surface area contributed by atoms with Gasteiger partial charge in [0.25, 0.3) is 0 Å². The van der Waals surface area contributed by atoms with Gasteiger partial charge in [-0.3, -0.25) is 0 Å². The summed E-state index contributed by atoms with van der Waals surface area (Å²) < 4.78 is 0. The predicted molar refractivity (Wildman–Crippen MR) is 90.5 cm³/mol. The van der Waals surface area contributed by atoms with Gasteiger partial charge in [0.15, 0.2) is 0 Å². The third-order valence-electron chi connectivity index (χ3n) is 4.19. The van der Waals surface area contributed by atoms with E-state index in [9.17, 15) is 9.90 Å². The summed E-state index contributed by atoms with van der Waals surface area (Å²) in [5.74, 6) is -0.830. The molecular formula is C19H28O3. The zero-order valence-electron chi connectivity index (χ0n) is 14.0. The molecule has 3 nitrogen and oxygen atoms in total. The molecule has 1 atom stereocenters. The van der Waals surface area contributed by atoms with Crippen molar-refractivity contribution in [2.45, 2.75) is 65.2 Å². The zero-order chi connectivity index (χ0) is 16.7. The Labute approximate surface area is 133 Å². The summed E-state index contributed by atoms with van der Waals surface area (Å²) in [7, 11) is 0. The SMILES string of the molecule is C=C(C(=O)O)C(C)c1cc(CCCC)c(O)c(CCCC)c1. The zero-order valence-corrected chi connectivity index (χ0v) is 14.0. The summed E-state index contributed by atoms with van der Waals surface area (Å²) in [6, 6.07) is 3.89. The van der Waals surface area contributed by atoms with Crippen molar-refractivity contribution in [3.05, 3.63) is 41.0 Å². The minimum absolute atomic E-state index is 0.188. The molecule has 0 aliphatic rings. The van der Waals surface area contributed by atoms with Crippen molar-refractivity contribution in [3.63, 3.8) is 0 Å². The van der Waals surface area contributed by atoms with E-state index in [1.807, 2.05) is 19.1 Å². The molecular weight excluding hydrogens is 276 g/mol. The monoisotopic (exact) mass is 304 g/mol. The van der Waals surface area contributed by atoms with Crippen LogP contribution in [0.5, 0.6) is 5.75 Å². The Morgan fingerprint density at radius 3 is 1.95 bits per heavy atom. The Hall–Kier alpha value is -1.77. The lowest BCUT2D eigenvalue weighted by atomic mass is 9.88. The van der Waals surface area contributed by atoms with Crippen molar-refractivity contribution in [1.29, 1.82) is 0 Å². The number of benzene rings is 1. The number of hydrogen-bond acceptors (Lipinski definition) is 2. The first kappa shape index (κ1) is 18.3. The Bertz CT molecular complexity index is 502. The van der Waals surface area contributed by atoms with E-state index in [1.54, 1.807) is 0 Å². The topological polar surface area (TPSA) is 57.5 Å². The maximum atomic E-state index is 11.1. The lowest BCUT2D eigenvalue weighted by molar-refractivity contribution is -0.132. The highest BCUT2D eigenvalue weighted by atomic mass is 16.4. The molecule has 0 saturated carbocycles. The second kappa shape index (κ2) is 8.62. The summed E-state index contributed by atoms with van der Waals surface area (Å²) in [6.45, 7) is 9.77. The van der Waals surface area contributed by atoms with E-state index in [0.29, 0.717) is 5.75 Å². The first-order valence-electron chi connectivity index (χ1n) is 8.19. The number of aryl methyl sites for hydroxylation is 2. The number of unbranched alkanes of at least 4 members (excludes halogenated alkanes) is 2. The lowest BCUT2D eigenvalue weighted by Crippen LogP contribution is -2.08. The Kier molecular flexibility index (Phi) is 7.16. The molecule has 0 saturated heterocycles. The molecule has 0 amide bonds. The van der Waals surface area contributed by atoms with Gasteiger partial charge < -0.3 is 10.2 Å². The molecule has 22 heavy (non-hydrogen) atoms. The van der Waals surface area contributed by atoms with Crippen molar-refractivity contribution < 1.29 is 15.0 Å². The van der Waals surface area contributed by atoms with E-state index >= 15 is 0 Å². The minimum Gasteiger partial charge on any atom is -0.507 e. The van der Waals surface area contributed by atoms with Crippen molar-refractivity contribution in [2.24, 2.45) is 0 Å². The Morgan fingerprint density at radius 1 is 1.14 bits per heavy atom. The van der Waals surface area contributed by atoms with Crippen LogP contribution in [0, 0.1) is 0 Å². The van der Waals surface area contributed by atoms with Crippen LogP contribution in [0.2, 0.25) is 0 Å². The van der Waals surface area contributed by atoms with Crippen LogP contribution < -0.4 is 0 Å². The maximum absolute atomic E-state index is 11.1. The van der Waals surface area contributed by atoms with Crippen LogP contribution >= 0.6 is 0 Å². The molecule has 1 rings (SSSR count). The molecule has 0 heterocycles. The molecule has 3 heteroatoms.